The molecule has 3 rings (SSSR count). The lowest BCUT2D eigenvalue weighted by atomic mass is 9.95. The Morgan fingerprint density at radius 1 is 1.22 bits per heavy atom. The molecule has 2 heterocycles. The minimum Gasteiger partial charge on any atom is -0.490 e. The number of aliphatic hydroxyl groups excluding tert-OH is 1. The molecule has 18 heavy (non-hydrogen) atoms. The van der Waals surface area contributed by atoms with Crippen LogP contribution in [0.25, 0.3) is 0 Å². The minimum absolute atomic E-state index is 0.227. The van der Waals surface area contributed by atoms with E-state index in [1.165, 1.54) is 16.7 Å². The number of fused-ring (bicyclic) bond motifs is 2. The number of ether oxygens (including phenoxy) is 2. The Balaban J connectivity index is 2.04. The third-order valence-corrected chi connectivity index (χ3v) is 3.76. The van der Waals surface area contributed by atoms with E-state index in [0.29, 0.717) is 0 Å². The number of benzene rings is 1. The van der Waals surface area contributed by atoms with Gasteiger partial charge in [0.15, 0.2) is 0 Å². The first-order chi connectivity index (χ1) is 8.69. The van der Waals surface area contributed by atoms with Crippen LogP contribution >= 0.6 is 0 Å². The topological polar surface area (TPSA) is 38.7 Å². The Hall–Kier alpha value is -1.22. The Kier molecular flexibility index (Phi) is 2.94. The van der Waals surface area contributed by atoms with Crippen LogP contribution in [0.3, 0.4) is 0 Å². The van der Waals surface area contributed by atoms with Crippen LogP contribution in [0.15, 0.2) is 6.07 Å². The molecule has 1 N–H and O–H groups in total. The molecule has 3 nitrogen and oxygen atoms in total. The molecule has 0 saturated carbocycles. The summed E-state index contributed by atoms with van der Waals surface area (Å²) in [4.78, 5) is 0. The molecule has 0 aliphatic carbocycles. The van der Waals surface area contributed by atoms with E-state index < -0.39 is 0 Å². The van der Waals surface area contributed by atoms with Crippen molar-refractivity contribution >= 4 is 0 Å². The molecule has 2 aliphatic rings. The van der Waals surface area contributed by atoms with Crippen molar-refractivity contribution in [2.75, 3.05) is 6.61 Å². The van der Waals surface area contributed by atoms with E-state index in [2.05, 4.69) is 19.9 Å². The zero-order chi connectivity index (χ0) is 12.7. The lowest BCUT2D eigenvalue weighted by Gasteiger charge is -2.13. The molecular formula is C15H20O3. The maximum Gasteiger partial charge on any atom is 0.126 e. The van der Waals surface area contributed by atoms with Crippen LogP contribution in [0.4, 0.5) is 0 Å². The monoisotopic (exact) mass is 248 g/mol. The first-order valence-electron chi connectivity index (χ1n) is 6.81. The van der Waals surface area contributed by atoms with Gasteiger partial charge in [-0.15, -0.1) is 0 Å². The summed E-state index contributed by atoms with van der Waals surface area (Å²) in [5.41, 5.74) is 3.83. The third kappa shape index (κ3) is 1.87. The zero-order valence-electron chi connectivity index (χ0n) is 11.0. The Morgan fingerprint density at radius 2 is 2.00 bits per heavy atom. The Labute approximate surface area is 108 Å². The molecular weight excluding hydrogens is 228 g/mol. The quantitative estimate of drug-likeness (QED) is 0.891. The third-order valence-electron chi connectivity index (χ3n) is 3.76. The van der Waals surface area contributed by atoms with Crippen molar-refractivity contribution in [3.63, 3.8) is 0 Å². The van der Waals surface area contributed by atoms with Gasteiger partial charge in [0.1, 0.15) is 23.7 Å². The zero-order valence-corrected chi connectivity index (χ0v) is 11.0. The van der Waals surface area contributed by atoms with Crippen molar-refractivity contribution in [2.45, 2.75) is 51.7 Å². The van der Waals surface area contributed by atoms with E-state index in [0.717, 1.165) is 37.2 Å². The fraction of sp³-hybridized carbons (Fsp3) is 0.600. The summed E-state index contributed by atoms with van der Waals surface area (Å²) >= 11 is 0. The average molecular weight is 248 g/mol. The highest BCUT2D eigenvalue weighted by atomic mass is 16.5. The highest BCUT2D eigenvalue weighted by molar-refractivity contribution is 5.57. The summed E-state index contributed by atoms with van der Waals surface area (Å²) in [6, 6.07) is 2.15. The largest absolute Gasteiger partial charge is 0.490 e. The molecule has 0 radical (unpaired) electrons. The first-order valence-corrected chi connectivity index (χ1v) is 6.81. The second-order valence-electron chi connectivity index (χ2n) is 5.41. The maximum absolute atomic E-state index is 9.06. The van der Waals surface area contributed by atoms with Crippen molar-refractivity contribution in [3.05, 3.63) is 22.8 Å². The van der Waals surface area contributed by atoms with Crippen LogP contribution < -0.4 is 9.47 Å². The molecule has 0 amide bonds. The van der Waals surface area contributed by atoms with Crippen molar-refractivity contribution in [3.8, 4) is 11.5 Å². The van der Waals surface area contributed by atoms with Gasteiger partial charge in [-0.3, -0.25) is 0 Å². The normalized spacial score (nSPS) is 24.4. The summed E-state index contributed by atoms with van der Waals surface area (Å²) in [7, 11) is 0. The van der Waals surface area contributed by atoms with Gasteiger partial charge in [0, 0.05) is 36.1 Å². The molecule has 2 aliphatic heterocycles. The highest BCUT2D eigenvalue weighted by Crippen LogP contribution is 2.43. The van der Waals surface area contributed by atoms with Gasteiger partial charge in [-0.05, 0) is 32.8 Å². The van der Waals surface area contributed by atoms with Gasteiger partial charge >= 0.3 is 0 Å². The minimum atomic E-state index is 0.227. The van der Waals surface area contributed by atoms with E-state index in [-0.39, 0.29) is 18.8 Å². The predicted octanol–water partition coefficient (Wildman–Crippen LogP) is 2.26. The van der Waals surface area contributed by atoms with Crippen molar-refractivity contribution in [1.29, 1.82) is 0 Å². The van der Waals surface area contributed by atoms with Gasteiger partial charge in [0.25, 0.3) is 0 Å². The number of hydrogen-bond acceptors (Lipinski definition) is 3. The van der Waals surface area contributed by atoms with E-state index in [1.807, 2.05) is 0 Å². The maximum atomic E-state index is 9.06. The van der Waals surface area contributed by atoms with Crippen LogP contribution in [0.1, 0.15) is 37.0 Å². The van der Waals surface area contributed by atoms with Gasteiger partial charge < -0.3 is 14.6 Å². The Morgan fingerprint density at radius 3 is 2.78 bits per heavy atom. The summed E-state index contributed by atoms with van der Waals surface area (Å²) in [6.07, 6.45) is 4.11. The number of rotatable bonds is 3. The first kappa shape index (κ1) is 11.8. The summed E-state index contributed by atoms with van der Waals surface area (Å²) < 4.78 is 11.8. The average Bonchev–Trinajstić information content (AvgIpc) is 2.85. The molecule has 0 fully saturated rings. The molecule has 1 aromatic rings. The summed E-state index contributed by atoms with van der Waals surface area (Å²) in [5.74, 6) is 2.10. The van der Waals surface area contributed by atoms with Gasteiger partial charge in [-0.1, -0.05) is 0 Å². The van der Waals surface area contributed by atoms with Gasteiger partial charge in [-0.2, -0.15) is 0 Å². The Bertz CT molecular complexity index is 431. The molecule has 1 aromatic carbocycles. The van der Waals surface area contributed by atoms with Crippen LogP contribution in [0, 0.1) is 0 Å². The molecule has 2 atom stereocenters. The van der Waals surface area contributed by atoms with E-state index >= 15 is 0 Å². The van der Waals surface area contributed by atoms with Crippen LogP contribution in [0.5, 0.6) is 11.5 Å². The van der Waals surface area contributed by atoms with Crippen LogP contribution in [-0.2, 0) is 19.3 Å². The van der Waals surface area contributed by atoms with Crippen LogP contribution in [0.2, 0.25) is 0 Å². The van der Waals surface area contributed by atoms with Gasteiger partial charge in [-0.25, -0.2) is 0 Å². The molecule has 0 bridgehead atoms. The second-order valence-corrected chi connectivity index (χ2v) is 5.41. The standard InChI is InChI=1S/C15H20O3/c1-9-6-11-8-14-13(7-10(2)17-14)12(4-3-5-16)15(11)18-9/h8-10,16H,3-7H2,1-2H3. The van der Waals surface area contributed by atoms with Crippen molar-refractivity contribution in [2.24, 2.45) is 0 Å². The van der Waals surface area contributed by atoms with Crippen LogP contribution in [-0.4, -0.2) is 23.9 Å². The molecule has 0 spiro atoms. The van der Waals surface area contributed by atoms with Crippen molar-refractivity contribution in [1.82, 2.24) is 0 Å². The van der Waals surface area contributed by atoms with Gasteiger partial charge in [0.05, 0.1) is 0 Å². The number of hydrogen-bond donors (Lipinski definition) is 1. The SMILES string of the molecule is CC1Cc2c(cc3c(c2CCCO)OC(C)C3)O1. The number of aliphatic hydroxyl groups is 1. The highest BCUT2D eigenvalue weighted by Gasteiger charge is 2.30. The van der Waals surface area contributed by atoms with E-state index in [9.17, 15) is 0 Å². The summed E-state index contributed by atoms with van der Waals surface area (Å²) in [5, 5.41) is 9.06. The van der Waals surface area contributed by atoms with Gasteiger partial charge in [0.2, 0.25) is 0 Å². The smallest absolute Gasteiger partial charge is 0.126 e. The predicted molar refractivity (Wildman–Crippen MR) is 69.4 cm³/mol. The fourth-order valence-corrected chi connectivity index (χ4v) is 3.04. The van der Waals surface area contributed by atoms with Crippen molar-refractivity contribution < 1.29 is 14.6 Å². The molecule has 0 saturated heterocycles. The van der Waals surface area contributed by atoms with E-state index in [1.54, 1.807) is 0 Å². The second kappa shape index (κ2) is 4.47. The molecule has 98 valence electrons. The fourth-order valence-electron chi connectivity index (χ4n) is 3.04. The summed E-state index contributed by atoms with van der Waals surface area (Å²) in [6.45, 7) is 4.43. The molecule has 2 unspecified atom stereocenters. The lowest BCUT2D eigenvalue weighted by Crippen LogP contribution is -2.08. The van der Waals surface area contributed by atoms with E-state index in [4.69, 9.17) is 14.6 Å². The molecule has 3 heteroatoms. The lowest BCUT2D eigenvalue weighted by molar-refractivity contribution is 0.250. The molecule has 0 aromatic heterocycles.